The molecule has 0 aromatic carbocycles. The zero-order chi connectivity index (χ0) is 16.1. The highest BCUT2D eigenvalue weighted by Crippen LogP contribution is 2.22. The number of aromatic nitrogens is 1. The van der Waals surface area contributed by atoms with Crippen molar-refractivity contribution in [1.29, 1.82) is 0 Å². The van der Waals surface area contributed by atoms with Crippen LogP contribution in [0.3, 0.4) is 0 Å². The predicted octanol–water partition coefficient (Wildman–Crippen LogP) is 2.05. The number of carbonyl (C=O) groups is 1. The van der Waals surface area contributed by atoms with Crippen molar-refractivity contribution in [3.05, 3.63) is 29.6 Å². The van der Waals surface area contributed by atoms with E-state index in [-0.39, 0.29) is 12.5 Å². The lowest BCUT2D eigenvalue weighted by atomic mass is 9.98. The fraction of sp³-hybridized carbons (Fsp3) is 0.667. The fourth-order valence-corrected chi connectivity index (χ4v) is 3.74. The summed E-state index contributed by atoms with van der Waals surface area (Å²) in [6.07, 6.45) is 7.06. The van der Waals surface area contributed by atoms with Crippen LogP contribution in [0.1, 0.15) is 54.7 Å². The summed E-state index contributed by atoms with van der Waals surface area (Å²) in [4.78, 5) is 21.7. The summed E-state index contributed by atoms with van der Waals surface area (Å²) in [6, 6.07) is 5.64. The molecule has 1 N–H and O–H groups in total. The lowest BCUT2D eigenvalue weighted by molar-refractivity contribution is 0.0581. The molecule has 1 aromatic rings. The molecule has 1 aromatic heterocycles. The van der Waals surface area contributed by atoms with E-state index in [2.05, 4.69) is 9.88 Å². The molecule has 1 unspecified atom stereocenters. The van der Waals surface area contributed by atoms with Crippen LogP contribution in [-0.2, 0) is 6.61 Å². The van der Waals surface area contributed by atoms with Gasteiger partial charge in [0.25, 0.3) is 5.91 Å². The summed E-state index contributed by atoms with van der Waals surface area (Å²) in [5.41, 5.74) is 1.02. The van der Waals surface area contributed by atoms with E-state index >= 15 is 0 Å². The van der Waals surface area contributed by atoms with Gasteiger partial charge in [-0.3, -0.25) is 4.79 Å². The van der Waals surface area contributed by atoms with Crippen LogP contribution in [0.5, 0.6) is 0 Å². The molecule has 5 nitrogen and oxygen atoms in total. The summed E-state index contributed by atoms with van der Waals surface area (Å²) in [5.74, 6) is 0.0198. The Hall–Kier alpha value is -1.46. The van der Waals surface area contributed by atoms with Crippen LogP contribution in [-0.4, -0.2) is 58.0 Å². The molecule has 3 rings (SSSR count). The maximum Gasteiger partial charge on any atom is 0.272 e. The number of carbonyl (C=O) groups excluding carboxylic acids is 1. The second kappa shape index (κ2) is 7.88. The molecule has 2 aliphatic rings. The molecule has 0 saturated carbocycles. The second-order valence-electron chi connectivity index (χ2n) is 6.66. The molecule has 23 heavy (non-hydrogen) atoms. The number of amides is 1. The van der Waals surface area contributed by atoms with Gasteiger partial charge in [0.1, 0.15) is 5.69 Å². The third-order valence-corrected chi connectivity index (χ3v) is 5.05. The first-order chi connectivity index (χ1) is 11.3. The molecule has 2 fully saturated rings. The average molecular weight is 317 g/mol. The summed E-state index contributed by atoms with van der Waals surface area (Å²) in [5, 5.41) is 9.22. The van der Waals surface area contributed by atoms with E-state index in [1.54, 1.807) is 18.2 Å². The number of rotatable bonds is 5. The standard InChI is InChI=1S/C18H27N3O2/c22-14-15-6-5-8-17(19-15)18(23)21-12-2-1-7-16(21)9-13-20-10-3-4-11-20/h5-6,8,16,22H,1-4,7,9-14H2. The monoisotopic (exact) mass is 317 g/mol. The zero-order valence-corrected chi connectivity index (χ0v) is 13.8. The molecule has 2 aliphatic heterocycles. The topological polar surface area (TPSA) is 56.7 Å². The predicted molar refractivity (Wildman–Crippen MR) is 89.1 cm³/mol. The number of nitrogens with zero attached hydrogens (tertiary/aromatic N) is 3. The van der Waals surface area contributed by atoms with Crippen LogP contribution in [0, 0.1) is 0 Å². The van der Waals surface area contributed by atoms with Gasteiger partial charge in [0.05, 0.1) is 12.3 Å². The first-order valence-electron chi connectivity index (χ1n) is 8.88. The maximum atomic E-state index is 12.8. The molecule has 5 heteroatoms. The molecule has 0 aliphatic carbocycles. The van der Waals surface area contributed by atoms with Gasteiger partial charge in [0, 0.05) is 19.1 Å². The molecule has 1 amide bonds. The maximum absolute atomic E-state index is 12.8. The number of aliphatic hydroxyl groups excluding tert-OH is 1. The molecule has 0 radical (unpaired) electrons. The molecule has 126 valence electrons. The average Bonchev–Trinajstić information content (AvgIpc) is 3.13. The van der Waals surface area contributed by atoms with Gasteiger partial charge in [0.15, 0.2) is 0 Å². The normalized spacial score (nSPS) is 22.5. The smallest absolute Gasteiger partial charge is 0.272 e. The van der Waals surface area contributed by atoms with Crippen molar-refractivity contribution in [1.82, 2.24) is 14.8 Å². The van der Waals surface area contributed by atoms with E-state index in [9.17, 15) is 9.90 Å². The second-order valence-corrected chi connectivity index (χ2v) is 6.66. The number of aliphatic hydroxyl groups is 1. The number of hydrogen-bond donors (Lipinski definition) is 1. The van der Waals surface area contributed by atoms with Gasteiger partial charge < -0.3 is 14.9 Å². The fourth-order valence-electron chi connectivity index (χ4n) is 3.74. The Kier molecular flexibility index (Phi) is 5.62. The minimum absolute atomic E-state index is 0.0198. The van der Waals surface area contributed by atoms with Crippen molar-refractivity contribution < 1.29 is 9.90 Å². The van der Waals surface area contributed by atoms with Crippen LogP contribution in [0.2, 0.25) is 0 Å². The lowest BCUT2D eigenvalue weighted by Gasteiger charge is -2.36. The van der Waals surface area contributed by atoms with Gasteiger partial charge in [-0.05, 0) is 63.7 Å². The third-order valence-electron chi connectivity index (χ3n) is 5.05. The molecular weight excluding hydrogens is 290 g/mol. The number of hydrogen-bond acceptors (Lipinski definition) is 4. The Morgan fingerprint density at radius 1 is 1.17 bits per heavy atom. The lowest BCUT2D eigenvalue weighted by Crippen LogP contribution is -2.45. The minimum Gasteiger partial charge on any atom is -0.390 e. The van der Waals surface area contributed by atoms with Crippen LogP contribution in [0.4, 0.5) is 0 Å². The first kappa shape index (κ1) is 16.4. The minimum atomic E-state index is -0.125. The van der Waals surface area contributed by atoms with E-state index in [0.717, 1.165) is 32.4 Å². The van der Waals surface area contributed by atoms with Gasteiger partial charge in [0.2, 0.25) is 0 Å². The van der Waals surface area contributed by atoms with Crippen molar-refractivity contribution >= 4 is 5.91 Å². The van der Waals surface area contributed by atoms with E-state index < -0.39 is 0 Å². The van der Waals surface area contributed by atoms with E-state index in [1.807, 2.05) is 4.90 Å². The Morgan fingerprint density at radius 2 is 1.96 bits per heavy atom. The number of likely N-dealkylation sites (tertiary alicyclic amines) is 2. The summed E-state index contributed by atoms with van der Waals surface area (Å²) in [6.45, 7) is 4.22. The van der Waals surface area contributed by atoms with Crippen LogP contribution < -0.4 is 0 Å². The highest BCUT2D eigenvalue weighted by Gasteiger charge is 2.28. The molecule has 3 heterocycles. The van der Waals surface area contributed by atoms with Crippen LogP contribution >= 0.6 is 0 Å². The largest absolute Gasteiger partial charge is 0.390 e. The summed E-state index contributed by atoms with van der Waals surface area (Å²) in [7, 11) is 0. The van der Waals surface area contributed by atoms with Gasteiger partial charge >= 0.3 is 0 Å². The SMILES string of the molecule is O=C(c1cccc(CO)n1)N1CCCCC1CCN1CCCC1. The Morgan fingerprint density at radius 3 is 2.74 bits per heavy atom. The van der Waals surface area contributed by atoms with Gasteiger partial charge in [-0.25, -0.2) is 4.98 Å². The quantitative estimate of drug-likeness (QED) is 0.903. The van der Waals surface area contributed by atoms with Crippen molar-refractivity contribution in [2.45, 2.75) is 51.2 Å². The highest BCUT2D eigenvalue weighted by molar-refractivity contribution is 5.92. The zero-order valence-electron chi connectivity index (χ0n) is 13.8. The Bertz CT molecular complexity index is 529. The van der Waals surface area contributed by atoms with Gasteiger partial charge in [-0.1, -0.05) is 6.07 Å². The summed E-state index contributed by atoms with van der Waals surface area (Å²) < 4.78 is 0. The van der Waals surface area contributed by atoms with E-state index in [0.29, 0.717) is 17.4 Å². The number of pyridine rings is 1. The van der Waals surface area contributed by atoms with Crippen LogP contribution in [0.25, 0.3) is 0 Å². The highest BCUT2D eigenvalue weighted by atomic mass is 16.3. The van der Waals surface area contributed by atoms with Crippen molar-refractivity contribution in [2.75, 3.05) is 26.2 Å². The van der Waals surface area contributed by atoms with Crippen molar-refractivity contribution in [3.63, 3.8) is 0 Å². The Labute approximate surface area is 138 Å². The van der Waals surface area contributed by atoms with E-state index in [4.69, 9.17) is 0 Å². The Balaban J connectivity index is 1.65. The van der Waals surface area contributed by atoms with Crippen molar-refractivity contribution in [3.8, 4) is 0 Å². The molecule has 0 bridgehead atoms. The molecule has 0 spiro atoms. The van der Waals surface area contributed by atoms with Gasteiger partial charge in [-0.15, -0.1) is 0 Å². The molecule has 2 saturated heterocycles. The van der Waals surface area contributed by atoms with Crippen molar-refractivity contribution in [2.24, 2.45) is 0 Å². The number of piperidine rings is 1. The van der Waals surface area contributed by atoms with Gasteiger partial charge in [-0.2, -0.15) is 0 Å². The van der Waals surface area contributed by atoms with E-state index in [1.165, 1.54) is 32.4 Å². The first-order valence-corrected chi connectivity index (χ1v) is 8.88. The summed E-state index contributed by atoms with van der Waals surface area (Å²) >= 11 is 0. The third kappa shape index (κ3) is 4.09. The molecular formula is C18H27N3O2. The molecule has 1 atom stereocenters. The van der Waals surface area contributed by atoms with Crippen LogP contribution in [0.15, 0.2) is 18.2 Å².